The van der Waals surface area contributed by atoms with Gasteiger partial charge in [-0.05, 0) is 48.0 Å². The summed E-state index contributed by atoms with van der Waals surface area (Å²) in [6, 6.07) is 15.6. The summed E-state index contributed by atoms with van der Waals surface area (Å²) in [7, 11) is 0. The Hall–Kier alpha value is -2.20. The Labute approximate surface area is 114 Å². The smallest absolute Gasteiger partial charge is 0.212 e. The molecule has 0 atom stereocenters. The first-order valence-electron chi connectivity index (χ1n) is 5.68. The monoisotopic (exact) mass is 273 g/mol. The van der Waals surface area contributed by atoms with Crippen molar-refractivity contribution in [3.63, 3.8) is 0 Å². The largest absolute Gasteiger partial charge is 0.243 e. The molecule has 0 N–H and O–H groups in total. The van der Waals surface area contributed by atoms with E-state index in [0.717, 1.165) is 11.3 Å². The van der Waals surface area contributed by atoms with Crippen LogP contribution in [0.1, 0.15) is 0 Å². The maximum Gasteiger partial charge on any atom is 0.243 e. The number of hydrogen-bond acceptors (Lipinski definition) is 2. The summed E-state index contributed by atoms with van der Waals surface area (Å²) >= 11 is 5.88. The second-order valence-corrected chi connectivity index (χ2v) is 4.30. The van der Waals surface area contributed by atoms with Gasteiger partial charge in [0.2, 0.25) is 5.28 Å². The van der Waals surface area contributed by atoms with Crippen LogP contribution in [-0.4, -0.2) is 14.8 Å². The van der Waals surface area contributed by atoms with E-state index in [1.165, 1.54) is 12.1 Å². The number of rotatable bonds is 2. The normalized spacial score (nSPS) is 10.6. The van der Waals surface area contributed by atoms with Crippen LogP contribution in [-0.2, 0) is 0 Å². The van der Waals surface area contributed by atoms with E-state index in [1.54, 1.807) is 16.8 Å². The molecule has 0 saturated heterocycles. The molecule has 5 heteroatoms. The van der Waals surface area contributed by atoms with E-state index in [0.29, 0.717) is 5.82 Å². The van der Waals surface area contributed by atoms with Crippen LogP contribution in [0.25, 0.3) is 17.1 Å². The lowest BCUT2D eigenvalue weighted by Crippen LogP contribution is -1.99. The van der Waals surface area contributed by atoms with E-state index < -0.39 is 0 Å². The predicted octanol–water partition coefficient (Wildman–Crippen LogP) is 3.73. The number of halogens is 2. The molecule has 3 rings (SSSR count). The summed E-state index contributed by atoms with van der Waals surface area (Å²) in [6.07, 6.45) is 0. The standard InChI is InChI=1S/C14H9ClFN3/c15-14-17-13(10-6-8-11(16)9-7-10)19(18-14)12-4-2-1-3-5-12/h1-9H. The molecular formula is C14H9ClFN3. The van der Waals surface area contributed by atoms with E-state index in [4.69, 9.17) is 11.6 Å². The molecule has 3 aromatic rings. The first-order valence-corrected chi connectivity index (χ1v) is 6.06. The fraction of sp³-hybridized carbons (Fsp3) is 0. The molecule has 19 heavy (non-hydrogen) atoms. The molecular weight excluding hydrogens is 265 g/mol. The van der Waals surface area contributed by atoms with Crippen LogP contribution >= 0.6 is 11.6 Å². The lowest BCUT2D eigenvalue weighted by Gasteiger charge is -2.05. The molecule has 2 aromatic carbocycles. The van der Waals surface area contributed by atoms with Crippen LogP contribution in [0.15, 0.2) is 54.6 Å². The molecule has 0 radical (unpaired) electrons. The number of aromatic nitrogens is 3. The molecule has 0 amide bonds. The van der Waals surface area contributed by atoms with Gasteiger partial charge in [0.1, 0.15) is 5.82 Å². The van der Waals surface area contributed by atoms with Crippen LogP contribution in [0.4, 0.5) is 4.39 Å². The van der Waals surface area contributed by atoms with Crippen molar-refractivity contribution in [3.8, 4) is 17.1 Å². The van der Waals surface area contributed by atoms with Crippen molar-refractivity contribution in [2.45, 2.75) is 0 Å². The Morgan fingerprint density at radius 2 is 1.63 bits per heavy atom. The van der Waals surface area contributed by atoms with Crippen molar-refractivity contribution in [1.82, 2.24) is 14.8 Å². The zero-order valence-corrected chi connectivity index (χ0v) is 10.5. The van der Waals surface area contributed by atoms with Crippen molar-refractivity contribution >= 4 is 11.6 Å². The molecule has 0 fully saturated rings. The van der Waals surface area contributed by atoms with Crippen LogP contribution in [0.3, 0.4) is 0 Å². The summed E-state index contributed by atoms with van der Waals surface area (Å²) in [5, 5.41) is 4.31. The lowest BCUT2D eigenvalue weighted by molar-refractivity contribution is 0.628. The summed E-state index contributed by atoms with van der Waals surface area (Å²) in [6.45, 7) is 0. The molecule has 0 unspecified atom stereocenters. The van der Waals surface area contributed by atoms with Gasteiger partial charge in [-0.3, -0.25) is 0 Å². The van der Waals surface area contributed by atoms with Crippen LogP contribution in [0, 0.1) is 5.82 Å². The molecule has 0 aliphatic carbocycles. The van der Waals surface area contributed by atoms with Crippen molar-refractivity contribution < 1.29 is 4.39 Å². The minimum Gasteiger partial charge on any atom is -0.212 e. The van der Waals surface area contributed by atoms with E-state index in [1.807, 2.05) is 30.3 Å². The summed E-state index contributed by atoms with van der Waals surface area (Å²) in [4.78, 5) is 4.18. The van der Waals surface area contributed by atoms with Crippen LogP contribution in [0.2, 0.25) is 5.28 Å². The second kappa shape index (κ2) is 4.82. The van der Waals surface area contributed by atoms with Gasteiger partial charge in [0.05, 0.1) is 5.69 Å². The number of hydrogen-bond donors (Lipinski definition) is 0. The van der Waals surface area contributed by atoms with E-state index in [-0.39, 0.29) is 11.1 Å². The Balaban J connectivity index is 2.15. The van der Waals surface area contributed by atoms with Gasteiger partial charge in [-0.15, -0.1) is 5.10 Å². The topological polar surface area (TPSA) is 30.7 Å². The Kier molecular flexibility index (Phi) is 3.01. The Bertz CT molecular complexity index is 692. The molecule has 1 aromatic heterocycles. The van der Waals surface area contributed by atoms with Gasteiger partial charge in [0, 0.05) is 5.56 Å². The first kappa shape index (κ1) is 11.9. The molecule has 0 aliphatic rings. The zero-order valence-electron chi connectivity index (χ0n) is 9.79. The summed E-state index contributed by atoms with van der Waals surface area (Å²) < 4.78 is 14.6. The Morgan fingerprint density at radius 3 is 2.32 bits per heavy atom. The van der Waals surface area contributed by atoms with Gasteiger partial charge in [0.25, 0.3) is 0 Å². The maximum atomic E-state index is 13.0. The highest BCUT2D eigenvalue weighted by molar-refractivity contribution is 6.28. The predicted molar refractivity (Wildman–Crippen MR) is 71.8 cm³/mol. The maximum absolute atomic E-state index is 13.0. The second-order valence-electron chi connectivity index (χ2n) is 3.96. The summed E-state index contributed by atoms with van der Waals surface area (Å²) in [5.74, 6) is 0.289. The van der Waals surface area contributed by atoms with Crippen molar-refractivity contribution in [2.24, 2.45) is 0 Å². The number of para-hydroxylation sites is 1. The van der Waals surface area contributed by atoms with Gasteiger partial charge in [-0.25, -0.2) is 9.07 Å². The van der Waals surface area contributed by atoms with Crippen LogP contribution < -0.4 is 0 Å². The number of nitrogens with zero attached hydrogens (tertiary/aromatic N) is 3. The van der Waals surface area contributed by atoms with Gasteiger partial charge in [-0.1, -0.05) is 18.2 Å². The van der Waals surface area contributed by atoms with Gasteiger partial charge in [-0.2, -0.15) is 4.98 Å². The van der Waals surface area contributed by atoms with Crippen molar-refractivity contribution in [2.75, 3.05) is 0 Å². The third-order valence-electron chi connectivity index (χ3n) is 2.68. The van der Waals surface area contributed by atoms with Gasteiger partial charge >= 0.3 is 0 Å². The quantitative estimate of drug-likeness (QED) is 0.712. The highest BCUT2D eigenvalue weighted by Gasteiger charge is 2.12. The minimum absolute atomic E-state index is 0.156. The van der Waals surface area contributed by atoms with E-state index >= 15 is 0 Å². The first-order chi connectivity index (χ1) is 9.24. The highest BCUT2D eigenvalue weighted by atomic mass is 35.5. The molecule has 3 nitrogen and oxygen atoms in total. The molecule has 0 bridgehead atoms. The van der Waals surface area contributed by atoms with E-state index in [9.17, 15) is 4.39 Å². The molecule has 0 aliphatic heterocycles. The molecule has 1 heterocycles. The number of benzene rings is 2. The Morgan fingerprint density at radius 1 is 0.947 bits per heavy atom. The average molecular weight is 274 g/mol. The van der Waals surface area contributed by atoms with E-state index in [2.05, 4.69) is 10.1 Å². The molecule has 0 saturated carbocycles. The fourth-order valence-corrected chi connectivity index (χ4v) is 1.98. The highest BCUT2D eigenvalue weighted by Crippen LogP contribution is 2.22. The average Bonchev–Trinajstić information content (AvgIpc) is 2.83. The van der Waals surface area contributed by atoms with Crippen molar-refractivity contribution in [1.29, 1.82) is 0 Å². The fourth-order valence-electron chi connectivity index (χ4n) is 1.82. The summed E-state index contributed by atoms with van der Waals surface area (Å²) in [5.41, 5.74) is 1.60. The zero-order chi connectivity index (χ0) is 13.2. The molecule has 0 spiro atoms. The lowest BCUT2D eigenvalue weighted by atomic mass is 10.2. The third kappa shape index (κ3) is 2.35. The molecule has 94 valence electrons. The van der Waals surface area contributed by atoms with Crippen molar-refractivity contribution in [3.05, 3.63) is 65.7 Å². The van der Waals surface area contributed by atoms with Gasteiger partial charge in [0.15, 0.2) is 5.82 Å². The van der Waals surface area contributed by atoms with Crippen LogP contribution in [0.5, 0.6) is 0 Å². The van der Waals surface area contributed by atoms with Gasteiger partial charge < -0.3 is 0 Å². The minimum atomic E-state index is -0.291. The SMILES string of the molecule is Fc1ccc(-c2nc(Cl)nn2-c2ccccc2)cc1. The third-order valence-corrected chi connectivity index (χ3v) is 2.84.